The van der Waals surface area contributed by atoms with Crippen LogP contribution < -0.4 is 10.6 Å². The Hall–Kier alpha value is -3.36. The molecule has 1 aromatic heterocycles. The topological polar surface area (TPSA) is 112 Å². The van der Waals surface area contributed by atoms with Crippen molar-refractivity contribution in [1.29, 1.82) is 0 Å². The summed E-state index contributed by atoms with van der Waals surface area (Å²) in [6.45, 7) is 4.90. The second-order valence-corrected chi connectivity index (χ2v) is 7.30. The molecule has 0 aliphatic rings. The number of carbonyl (C=O) groups is 3. The molecular formula is C20H26N4O5. The third-order valence-electron chi connectivity index (χ3n) is 3.77. The Kier molecular flexibility index (Phi) is 7.35. The Morgan fingerprint density at radius 3 is 2.59 bits per heavy atom. The standard InChI is InChI=1S/C20H26N4O5/c1-20(2,3)29-19(27)21-13-17(25)23-16(12-18(26)28-4)14-7-5-8-15(11-14)24-10-6-9-22-24/h5-11,16H,12-13H2,1-4H3,(H,21,27)(H,23,25)/t16-/m0/s1. The van der Waals surface area contributed by atoms with Crippen molar-refractivity contribution in [3.05, 3.63) is 48.3 Å². The number of benzene rings is 1. The molecule has 0 bridgehead atoms. The van der Waals surface area contributed by atoms with E-state index in [1.807, 2.05) is 18.2 Å². The molecule has 0 saturated carbocycles. The molecule has 0 saturated heterocycles. The number of ether oxygens (including phenoxy) is 2. The fraction of sp³-hybridized carbons (Fsp3) is 0.400. The molecule has 2 rings (SSSR count). The zero-order chi connectivity index (χ0) is 21.4. The summed E-state index contributed by atoms with van der Waals surface area (Å²) < 4.78 is 11.5. The Bertz CT molecular complexity index is 843. The van der Waals surface area contributed by atoms with E-state index >= 15 is 0 Å². The monoisotopic (exact) mass is 402 g/mol. The van der Waals surface area contributed by atoms with Crippen LogP contribution in [0, 0.1) is 0 Å². The molecule has 156 valence electrons. The van der Waals surface area contributed by atoms with Crippen LogP contribution in [0.1, 0.15) is 38.8 Å². The first-order chi connectivity index (χ1) is 13.7. The number of hydrogen-bond acceptors (Lipinski definition) is 6. The zero-order valence-corrected chi connectivity index (χ0v) is 17.0. The first-order valence-corrected chi connectivity index (χ1v) is 9.11. The highest BCUT2D eigenvalue weighted by Gasteiger charge is 2.21. The van der Waals surface area contributed by atoms with E-state index in [0.717, 1.165) is 5.69 Å². The molecule has 0 radical (unpaired) electrons. The maximum absolute atomic E-state index is 12.3. The van der Waals surface area contributed by atoms with E-state index < -0.39 is 29.6 Å². The first-order valence-electron chi connectivity index (χ1n) is 9.11. The Labute approximate surface area is 169 Å². The van der Waals surface area contributed by atoms with Gasteiger partial charge in [-0.25, -0.2) is 9.48 Å². The van der Waals surface area contributed by atoms with Gasteiger partial charge in [0, 0.05) is 12.4 Å². The fourth-order valence-corrected chi connectivity index (χ4v) is 2.52. The molecule has 9 heteroatoms. The average molecular weight is 402 g/mol. The maximum Gasteiger partial charge on any atom is 0.408 e. The van der Waals surface area contributed by atoms with Crippen molar-refractivity contribution in [2.45, 2.75) is 38.8 Å². The van der Waals surface area contributed by atoms with Gasteiger partial charge >= 0.3 is 12.1 Å². The van der Waals surface area contributed by atoms with Crippen LogP contribution in [0.15, 0.2) is 42.7 Å². The smallest absolute Gasteiger partial charge is 0.408 e. The predicted molar refractivity (Wildman–Crippen MR) is 105 cm³/mol. The number of aromatic nitrogens is 2. The summed E-state index contributed by atoms with van der Waals surface area (Å²) >= 11 is 0. The van der Waals surface area contributed by atoms with Crippen LogP contribution in [0.2, 0.25) is 0 Å². The van der Waals surface area contributed by atoms with Gasteiger partial charge in [0.15, 0.2) is 0 Å². The van der Waals surface area contributed by atoms with E-state index in [1.165, 1.54) is 7.11 Å². The van der Waals surface area contributed by atoms with Crippen LogP contribution in [0.4, 0.5) is 4.79 Å². The van der Waals surface area contributed by atoms with Gasteiger partial charge in [0.1, 0.15) is 12.1 Å². The Morgan fingerprint density at radius 1 is 1.21 bits per heavy atom. The summed E-state index contributed by atoms with van der Waals surface area (Å²) in [7, 11) is 1.28. The third kappa shape index (κ3) is 7.28. The number of amides is 2. The quantitative estimate of drug-likeness (QED) is 0.686. The first kappa shape index (κ1) is 21.9. The molecule has 0 aliphatic carbocycles. The van der Waals surface area contributed by atoms with Crippen molar-refractivity contribution in [2.75, 3.05) is 13.7 Å². The average Bonchev–Trinajstić information content (AvgIpc) is 3.19. The molecule has 1 aromatic carbocycles. The largest absolute Gasteiger partial charge is 0.469 e. The summed E-state index contributed by atoms with van der Waals surface area (Å²) in [5.74, 6) is -0.936. The molecule has 1 atom stereocenters. The SMILES string of the molecule is COC(=O)C[C@H](NC(=O)CNC(=O)OC(C)(C)C)c1cccc(-n2cccn2)c1. The highest BCUT2D eigenvalue weighted by atomic mass is 16.6. The number of nitrogens with zero attached hydrogens (tertiary/aromatic N) is 2. The minimum absolute atomic E-state index is 0.0583. The molecule has 9 nitrogen and oxygen atoms in total. The van der Waals surface area contributed by atoms with Crippen LogP contribution in [-0.2, 0) is 19.1 Å². The second kappa shape index (κ2) is 9.72. The molecule has 2 amide bonds. The second-order valence-electron chi connectivity index (χ2n) is 7.30. The van der Waals surface area contributed by atoms with Crippen molar-refractivity contribution < 1.29 is 23.9 Å². The van der Waals surface area contributed by atoms with Gasteiger partial charge in [-0.1, -0.05) is 12.1 Å². The van der Waals surface area contributed by atoms with Crippen molar-refractivity contribution in [3.8, 4) is 5.69 Å². The van der Waals surface area contributed by atoms with Gasteiger partial charge < -0.3 is 20.1 Å². The number of rotatable bonds is 7. The van der Waals surface area contributed by atoms with Gasteiger partial charge in [-0.2, -0.15) is 5.10 Å². The summed E-state index contributed by atoms with van der Waals surface area (Å²) in [5, 5.41) is 9.32. The number of methoxy groups -OCH3 is 1. The van der Waals surface area contributed by atoms with Crippen molar-refractivity contribution >= 4 is 18.0 Å². The number of carbonyl (C=O) groups excluding carboxylic acids is 3. The lowest BCUT2D eigenvalue weighted by atomic mass is 10.0. The lowest BCUT2D eigenvalue weighted by molar-refractivity contribution is -0.141. The van der Waals surface area contributed by atoms with Gasteiger partial charge in [-0.05, 0) is 44.5 Å². The van der Waals surface area contributed by atoms with Gasteiger partial charge in [0.2, 0.25) is 5.91 Å². The predicted octanol–water partition coefficient (Wildman–Crippen LogP) is 2.12. The van der Waals surface area contributed by atoms with Crippen molar-refractivity contribution in [2.24, 2.45) is 0 Å². The number of hydrogen-bond donors (Lipinski definition) is 2. The Morgan fingerprint density at radius 2 is 1.97 bits per heavy atom. The molecule has 2 N–H and O–H groups in total. The lowest BCUT2D eigenvalue weighted by Gasteiger charge is -2.21. The highest BCUT2D eigenvalue weighted by molar-refractivity contribution is 5.83. The molecule has 29 heavy (non-hydrogen) atoms. The molecule has 0 unspecified atom stereocenters. The van der Waals surface area contributed by atoms with E-state index in [0.29, 0.717) is 5.56 Å². The van der Waals surface area contributed by atoms with Crippen LogP contribution in [0.5, 0.6) is 0 Å². The van der Waals surface area contributed by atoms with Gasteiger partial charge in [0.25, 0.3) is 0 Å². The van der Waals surface area contributed by atoms with E-state index in [9.17, 15) is 14.4 Å². The highest BCUT2D eigenvalue weighted by Crippen LogP contribution is 2.20. The van der Waals surface area contributed by atoms with Crippen molar-refractivity contribution in [1.82, 2.24) is 20.4 Å². The van der Waals surface area contributed by atoms with E-state index in [-0.39, 0.29) is 13.0 Å². The third-order valence-corrected chi connectivity index (χ3v) is 3.77. The molecule has 0 aliphatic heterocycles. The van der Waals surface area contributed by atoms with Crippen LogP contribution in [-0.4, -0.2) is 47.0 Å². The lowest BCUT2D eigenvalue weighted by Crippen LogP contribution is -2.41. The van der Waals surface area contributed by atoms with E-state index in [4.69, 9.17) is 9.47 Å². The fourth-order valence-electron chi connectivity index (χ4n) is 2.52. The van der Waals surface area contributed by atoms with Crippen molar-refractivity contribution in [3.63, 3.8) is 0 Å². The molecule has 0 spiro atoms. The normalized spacial score (nSPS) is 12.0. The van der Waals surface area contributed by atoms with Crippen LogP contribution >= 0.6 is 0 Å². The maximum atomic E-state index is 12.3. The number of nitrogens with one attached hydrogen (secondary N) is 2. The van der Waals surface area contributed by atoms with Gasteiger partial charge in [-0.3, -0.25) is 9.59 Å². The zero-order valence-electron chi connectivity index (χ0n) is 17.0. The summed E-state index contributed by atoms with van der Waals surface area (Å²) in [6.07, 6.45) is 2.69. The van der Waals surface area contributed by atoms with Crippen LogP contribution in [0.3, 0.4) is 0 Å². The molecule has 0 fully saturated rings. The molecule has 2 aromatic rings. The summed E-state index contributed by atoms with van der Waals surface area (Å²) in [4.78, 5) is 35.9. The van der Waals surface area contributed by atoms with E-state index in [1.54, 1.807) is 50.0 Å². The minimum Gasteiger partial charge on any atom is -0.469 e. The summed E-state index contributed by atoms with van der Waals surface area (Å²) in [6, 6.07) is 8.44. The van der Waals surface area contributed by atoms with Gasteiger partial charge in [-0.15, -0.1) is 0 Å². The molecular weight excluding hydrogens is 376 g/mol. The number of esters is 1. The molecule has 1 heterocycles. The van der Waals surface area contributed by atoms with E-state index in [2.05, 4.69) is 15.7 Å². The number of alkyl carbamates (subject to hydrolysis) is 1. The minimum atomic E-state index is -0.696. The Balaban J connectivity index is 2.08. The van der Waals surface area contributed by atoms with Gasteiger partial charge in [0.05, 0.1) is 25.3 Å². The van der Waals surface area contributed by atoms with Crippen LogP contribution in [0.25, 0.3) is 5.69 Å². The summed E-state index contributed by atoms with van der Waals surface area (Å²) in [5.41, 5.74) is 0.818.